The number of nitrogens with two attached hydrogens (primary N) is 1. The summed E-state index contributed by atoms with van der Waals surface area (Å²) < 4.78 is 0. The first-order chi connectivity index (χ1) is 6.13. The topological polar surface area (TPSA) is 60.2 Å². The van der Waals surface area contributed by atoms with Crippen molar-refractivity contribution in [3.05, 3.63) is 35.9 Å². The first-order valence-corrected chi connectivity index (χ1v) is 4.09. The third kappa shape index (κ3) is 2.29. The van der Waals surface area contributed by atoms with Crippen molar-refractivity contribution >= 4 is 23.3 Å². The van der Waals surface area contributed by atoms with Crippen LogP contribution < -0.4 is 5.73 Å². The Bertz CT molecular complexity index is 324. The van der Waals surface area contributed by atoms with Crippen LogP contribution in [0.5, 0.6) is 0 Å². The van der Waals surface area contributed by atoms with E-state index in [9.17, 15) is 9.59 Å². The van der Waals surface area contributed by atoms with Crippen LogP contribution in [0.1, 0.15) is 10.4 Å². The summed E-state index contributed by atoms with van der Waals surface area (Å²) in [5, 5.41) is -1.28. The molecule has 1 aromatic carbocycles. The minimum atomic E-state index is -1.28. The summed E-state index contributed by atoms with van der Waals surface area (Å²) in [5.74, 6) is -1.29. The molecule has 0 aliphatic heterocycles. The third-order valence-electron chi connectivity index (χ3n) is 1.54. The molecule has 0 radical (unpaired) electrons. The molecule has 4 heteroatoms. The van der Waals surface area contributed by atoms with Gasteiger partial charge in [-0.2, -0.15) is 0 Å². The molecule has 1 atom stereocenters. The molecule has 0 fully saturated rings. The molecule has 1 rings (SSSR count). The molecule has 2 N–H and O–H groups in total. The van der Waals surface area contributed by atoms with Gasteiger partial charge in [-0.3, -0.25) is 9.59 Å². The number of carbonyl (C=O) groups is 2. The van der Waals surface area contributed by atoms with Gasteiger partial charge < -0.3 is 5.73 Å². The molecule has 68 valence electrons. The van der Waals surface area contributed by atoms with Crippen LogP contribution in [0.3, 0.4) is 0 Å². The van der Waals surface area contributed by atoms with E-state index in [1.165, 1.54) is 0 Å². The number of Topliss-reactive ketones (excluding diaryl/α,β-unsaturated/α-hetero) is 1. The van der Waals surface area contributed by atoms with Gasteiger partial charge in [0.2, 0.25) is 5.91 Å². The van der Waals surface area contributed by atoms with Gasteiger partial charge >= 0.3 is 0 Å². The molecule has 0 spiro atoms. The average molecular weight is 198 g/mol. The second-order valence-corrected chi connectivity index (χ2v) is 2.93. The van der Waals surface area contributed by atoms with E-state index in [4.69, 9.17) is 17.3 Å². The fourth-order valence-electron chi connectivity index (χ4n) is 0.878. The van der Waals surface area contributed by atoms with Gasteiger partial charge in [-0.15, -0.1) is 11.6 Å². The Labute approximate surface area is 80.5 Å². The lowest BCUT2D eigenvalue weighted by Gasteiger charge is -2.03. The summed E-state index contributed by atoms with van der Waals surface area (Å²) >= 11 is 5.48. The molecule has 0 heterocycles. The summed E-state index contributed by atoms with van der Waals surface area (Å²) in [7, 11) is 0. The maximum Gasteiger partial charge on any atom is 0.243 e. The second-order valence-electron chi connectivity index (χ2n) is 2.50. The first kappa shape index (κ1) is 9.74. The maximum atomic E-state index is 11.4. The highest BCUT2D eigenvalue weighted by Gasteiger charge is 2.21. The lowest BCUT2D eigenvalue weighted by molar-refractivity contribution is -0.116. The molecule has 13 heavy (non-hydrogen) atoms. The second kappa shape index (κ2) is 4.05. The van der Waals surface area contributed by atoms with Gasteiger partial charge in [0.15, 0.2) is 11.2 Å². The quantitative estimate of drug-likeness (QED) is 0.446. The van der Waals surface area contributed by atoms with E-state index < -0.39 is 17.1 Å². The van der Waals surface area contributed by atoms with E-state index in [-0.39, 0.29) is 0 Å². The van der Waals surface area contributed by atoms with Crippen molar-refractivity contribution in [3.8, 4) is 0 Å². The van der Waals surface area contributed by atoms with E-state index in [0.717, 1.165) is 0 Å². The Morgan fingerprint density at radius 3 is 2.23 bits per heavy atom. The van der Waals surface area contributed by atoms with Crippen LogP contribution in [0, 0.1) is 0 Å². The van der Waals surface area contributed by atoms with E-state index in [1.54, 1.807) is 30.3 Å². The molecule has 1 amide bonds. The van der Waals surface area contributed by atoms with E-state index >= 15 is 0 Å². The minimum Gasteiger partial charge on any atom is -0.368 e. The minimum absolute atomic E-state index is 0.390. The smallest absolute Gasteiger partial charge is 0.243 e. The van der Waals surface area contributed by atoms with Crippen LogP contribution in [0.2, 0.25) is 0 Å². The Hall–Kier alpha value is -1.35. The highest BCUT2D eigenvalue weighted by Crippen LogP contribution is 2.07. The molecule has 0 bridgehead atoms. The van der Waals surface area contributed by atoms with Crippen molar-refractivity contribution in [3.63, 3.8) is 0 Å². The molecule has 0 saturated heterocycles. The SMILES string of the molecule is NC(=O)C(Cl)C(=O)c1ccccc1. The van der Waals surface area contributed by atoms with E-state index in [1.807, 2.05) is 0 Å². The van der Waals surface area contributed by atoms with Crippen molar-refractivity contribution in [1.29, 1.82) is 0 Å². The van der Waals surface area contributed by atoms with Gasteiger partial charge in [0.25, 0.3) is 0 Å². The van der Waals surface area contributed by atoms with Crippen molar-refractivity contribution in [2.75, 3.05) is 0 Å². The van der Waals surface area contributed by atoms with Crippen LogP contribution in [0.4, 0.5) is 0 Å². The lowest BCUT2D eigenvalue weighted by Crippen LogP contribution is -2.31. The summed E-state index contributed by atoms with van der Waals surface area (Å²) in [4.78, 5) is 21.9. The number of halogens is 1. The van der Waals surface area contributed by atoms with Gasteiger partial charge in [-0.05, 0) is 0 Å². The third-order valence-corrected chi connectivity index (χ3v) is 1.95. The van der Waals surface area contributed by atoms with E-state index in [2.05, 4.69) is 0 Å². The van der Waals surface area contributed by atoms with E-state index in [0.29, 0.717) is 5.56 Å². The van der Waals surface area contributed by atoms with Crippen molar-refractivity contribution in [1.82, 2.24) is 0 Å². The van der Waals surface area contributed by atoms with Crippen LogP contribution in [0.25, 0.3) is 0 Å². The largest absolute Gasteiger partial charge is 0.368 e. The summed E-state index contributed by atoms with van der Waals surface area (Å²) in [5.41, 5.74) is 5.27. The highest BCUT2D eigenvalue weighted by atomic mass is 35.5. The molecule has 0 aliphatic rings. The normalized spacial score (nSPS) is 12.1. The van der Waals surface area contributed by atoms with Crippen LogP contribution >= 0.6 is 11.6 Å². The van der Waals surface area contributed by atoms with Gasteiger partial charge in [0, 0.05) is 5.56 Å². The maximum absolute atomic E-state index is 11.4. The summed E-state index contributed by atoms with van der Waals surface area (Å²) in [6, 6.07) is 8.32. The average Bonchev–Trinajstić information content (AvgIpc) is 2.17. The molecule has 1 unspecified atom stereocenters. The number of ketones is 1. The molecule has 0 aliphatic carbocycles. The van der Waals surface area contributed by atoms with Gasteiger partial charge in [0.05, 0.1) is 0 Å². The van der Waals surface area contributed by atoms with Gasteiger partial charge in [-0.25, -0.2) is 0 Å². The number of hydrogen-bond donors (Lipinski definition) is 1. The van der Waals surface area contributed by atoms with Gasteiger partial charge in [0.1, 0.15) is 0 Å². The summed E-state index contributed by atoms with van der Waals surface area (Å²) in [6.07, 6.45) is 0. The Balaban J connectivity index is 2.86. The van der Waals surface area contributed by atoms with Crippen molar-refractivity contribution < 1.29 is 9.59 Å². The molecule has 0 saturated carbocycles. The van der Waals surface area contributed by atoms with Crippen LogP contribution in [-0.2, 0) is 4.79 Å². The number of carbonyl (C=O) groups excluding carboxylic acids is 2. The number of rotatable bonds is 3. The van der Waals surface area contributed by atoms with Gasteiger partial charge in [-0.1, -0.05) is 30.3 Å². The fourth-order valence-corrected chi connectivity index (χ4v) is 1.00. The lowest BCUT2D eigenvalue weighted by atomic mass is 10.1. The Morgan fingerprint density at radius 1 is 1.23 bits per heavy atom. The number of amides is 1. The zero-order chi connectivity index (χ0) is 9.84. The number of alkyl halides is 1. The number of benzene rings is 1. The zero-order valence-corrected chi connectivity index (χ0v) is 7.49. The monoisotopic (exact) mass is 197 g/mol. The number of hydrogen-bond acceptors (Lipinski definition) is 2. The standard InChI is InChI=1S/C9H8ClNO2/c10-7(9(11)13)8(12)6-4-2-1-3-5-6/h1-5,7H,(H2,11,13). The predicted molar refractivity (Wildman–Crippen MR) is 49.6 cm³/mol. The van der Waals surface area contributed by atoms with Crippen LogP contribution in [0.15, 0.2) is 30.3 Å². The van der Waals surface area contributed by atoms with Crippen molar-refractivity contribution in [2.24, 2.45) is 5.73 Å². The highest BCUT2D eigenvalue weighted by molar-refractivity contribution is 6.43. The molecular weight excluding hydrogens is 190 g/mol. The molecule has 0 aromatic heterocycles. The van der Waals surface area contributed by atoms with Crippen LogP contribution in [-0.4, -0.2) is 17.1 Å². The molecule has 1 aromatic rings. The fraction of sp³-hybridized carbons (Fsp3) is 0.111. The Morgan fingerprint density at radius 2 is 1.77 bits per heavy atom. The Kier molecular flexibility index (Phi) is 3.03. The zero-order valence-electron chi connectivity index (χ0n) is 6.74. The van der Waals surface area contributed by atoms with Crippen molar-refractivity contribution in [2.45, 2.75) is 5.38 Å². The summed E-state index contributed by atoms with van der Waals surface area (Å²) in [6.45, 7) is 0. The number of primary amides is 1. The molecule has 3 nitrogen and oxygen atoms in total. The molecular formula is C9H8ClNO2. The predicted octanol–water partition coefficient (Wildman–Crippen LogP) is 0.962. The first-order valence-electron chi connectivity index (χ1n) is 3.65.